The van der Waals surface area contributed by atoms with Crippen LogP contribution < -0.4 is 5.32 Å². The maximum absolute atomic E-state index is 9.16. The smallest absolute Gasteiger partial charge is 0.101 e. The van der Waals surface area contributed by atoms with Crippen molar-refractivity contribution in [3.63, 3.8) is 0 Å². The minimum Gasteiger partial charge on any atom is -0.346 e. The summed E-state index contributed by atoms with van der Waals surface area (Å²) in [6.07, 6.45) is 6.24. The van der Waals surface area contributed by atoms with Gasteiger partial charge in [-0.15, -0.1) is 0 Å². The summed E-state index contributed by atoms with van der Waals surface area (Å²) in [5, 5.41) is 12.3. The molecule has 0 bridgehead atoms. The molecule has 106 valence electrons. The lowest BCUT2D eigenvalue weighted by Crippen LogP contribution is -2.06. The quantitative estimate of drug-likeness (QED) is 0.876. The third-order valence-electron chi connectivity index (χ3n) is 3.97. The molecule has 3 heteroatoms. The van der Waals surface area contributed by atoms with E-state index in [4.69, 9.17) is 5.26 Å². The number of nitriles is 1. The predicted molar refractivity (Wildman–Crippen MR) is 84.9 cm³/mol. The van der Waals surface area contributed by atoms with Crippen LogP contribution >= 0.6 is 0 Å². The lowest BCUT2D eigenvalue weighted by molar-refractivity contribution is 0.701. The Morgan fingerprint density at radius 1 is 1.38 bits per heavy atom. The average molecular weight is 277 g/mol. The van der Waals surface area contributed by atoms with Gasteiger partial charge in [0.1, 0.15) is 6.07 Å². The summed E-state index contributed by atoms with van der Waals surface area (Å²) in [6.45, 7) is 1.88. The fourth-order valence-corrected chi connectivity index (χ4v) is 2.94. The van der Waals surface area contributed by atoms with Crippen molar-refractivity contribution in [2.75, 3.05) is 13.6 Å². The van der Waals surface area contributed by atoms with E-state index in [0.717, 1.165) is 37.2 Å². The Bertz CT molecular complexity index is 716. The summed E-state index contributed by atoms with van der Waals surface area (Å²) < 4.78 is 2.21. The van der Waals surface area contributed by atoms with Crippen molar-refractivity contribution in [3.05, 3.63) is 65.0 Å². The van der Waals surface area contributed by atoms with Gasteiger partial charge in [-0.1, -0.05) is 30.3 Å². The second kappa shape index (κ2) is 5.99. The SMILES string of the molecule is CNCCC=C1c2ccccc2CCn2cc(C#N)cc21. The van der Waals surface area contributed by atoms with E-state index in [1.54, 1.807) is 0 Å². The lowest BCUT2D eigenvalue weighted by atomic mass is 9.96. The molecule has 1 N–H and O–H groups in total. The van der Waals surface area contributed by atoms with E-state index in [1.807, 2.05) is 19.3 Å². The third-order valence-corrected chi connectivity index (χ3v) is 3.97. The Morgan fingerprint density at radius 3 is 3.05 bits per heavy atom. The largest absolute Gasteiger partial charge is 0.346 e. The van der Waals surface area contributed by atoms with Crippen molar-refractivity contribution in [3.8, 4) is 6.07 Å². The standard InChI is InChI=1S/C18H19N3/c1-20-9-4-7-17-16-6-3-2-5-15(16)8-10-21-13-14(12-19)11-18(17)21/h2-3,5-7,11,13,20H,4,8-10H2,1H3. The number of rotatable bonds is 3. The van der Waals surface area contributed by atoms with E-state index in [-0.39, 0.29) is 0 Å². The van der Waals surface area contributed by atoms with Crippen LogP contribution in [-0.4, -0.2) is 18.2 Å². The molecule has 1 aromatic heterocycles. The van der Waals surface area contributed by atoms with Crippen molar-refractivity contribution in [1.29, 1.82) is 5.26 Å². The molecule has 0 saturated carbocycles. The number of nitrogens with one attached hydrogen (secondary N) is 1. The number of aryl methyl sites for hydroxylation is 2. The van der Waals surface area contributed by atoms with Gasteiger partial charge in [-0.3, -0.25) is 0 Å². The number of nitrogens with zero attached hydrogens (tertiary/aromatic N) is 2. The van der Waals surface area contributed by atoms with Gasteiger partial charge in [-0.2, -0.15) is 5.26 Å². The molecule has 2 heterocycles. The molecule has 1 aliphatic heterocycles. The molecule has 1 aliphatic rings. The van der Waals surface area contributed by atoms with E-state index >= 15 is 0 Å². The first-order chi connectivity index (χ1) is 10.3. The lowest BCUT2D eigenvalue weighted by Gasteiger charge is -2.10. The van der Waals surface area contributed by atoms with Crippen molar-refractivity contribution < 1.29 is 0 Å². The fourth-order valence-electron chi connectivity index (χ4n) is 2.94. The van der Waals surface area contributed by atoms with Crippen molar-refractivity contribution >= 4 is 5.57 Å². The fraction of sp³-hybridized carbons (Fsp3) is 0.278. The minimum absolute atomic E-state index is 0.740. The maximum atomic E-state index is 9.16. The van der Waals surface area contributed by atoms with Gasteiger partial charge in [-0.25, -0.2) is 0 Å². The first kappa shape index (κ1) is 13.7. The van der Waals surface area contributed by atoms with Crippen LogP contribution in [0.2, 0.25) is 0 Å². The highest BCUT2D eigenvalue weighted by Gasteiger charge is 2.18. The van der Waals surface area contributed by atoms with Gasteiger partial charge in [0, 0.05) is 24.0 Å². The molecule has 21 heavy (non-hydrogen) atoms. The van der Waals surface area contributed by atoms with Crippen LogP contribution in [0.1, 0.15) is 28.8 Å². The third kappa shape index (κ3) is 2.63. The molecule has 1 aromatic carbocycles. The highest BCUT2D eigenvalue weighted by molar-refractivity contribution is 5.81. The zero-order chi connectivity index (χ0) is 14.7. The highest BCUT2D eigenvalue weighted by atomic mass is 15.0. The molecule has 0 spiro atoms. The van der Waals surface area contributed by atoms with Crippen molar-refractivity contribution in [2.45, 2.75) is 19.4 Å². The van der Waals surface area contributed by atoms with Crippen LogP contribution in [0.5, 0.6) is 0 Å². The Labute approximate surface area is 125 Å². The molecule has 0 atom stereocenters. The Kier molecular flexibility index (Phi) is 3.89. The molecule has 0 saturated heterocycles. The first-order valence-corrected chi connectivity index (χ1v) is 7.37. The number of benzene rings is 1. The molecule has 2 aromatic rings. The zero-order valence-corrected chi connectivity index (χ0v) is 12.3. The number of fused-ring (bicyclic) bond motifs is 2. The maximum Gasteiger partial charge on any atom is 0.101 e. The van der Waals surface area contributed by atoms with Crippen LogP contribution in [-0.2, 0) is 13.0 Å². The van der Waals surface area contributed by atoms with Crippen LogP contribution in [0.15, 0.2) is 42.6 Å². The molecule has 3 rings (SSSR count). The highest BCUT2D eigenvalue weighted by Crippen LogP contribution is 2.31. The molecule has 0 radical (unpaired) electrons. The van der Waals surface area contributed by atoms with E-state index < -0.39 is 0 Å². The molecule has 0 unspecified atom stereocenters. The number of hydrogen-bond donors (Lipinski definition) is 1. The average Bonchev–Trinajstić information content (AvgIpc) is 2.87. The van der Waals surface area contributed by atoms with Crippen LogP contribution in [0.4, 0.5) is 0 Å². The summed E-state index contributed by atoms with van der Waals surface area (Å²) in [6, 6.07) is 12.9. The topological polar surface area (TPSA) is 40.8 Å². The summed E-state index contributed by atoms with van der Waals surface area (Å²) in [4.78, 5) is 0. The Hall–Kier alpha value is -2.31. The van der Waals surface area contributed by atoms with Crippen molar-refractivity contribution in [1.82, 2.24) is 9.88 Å². The Balaban J connectivity index is 2.12. The molecule has 0 amide bonds. The van der Waals surface area contributed by atoms with Gasteiger partial charge in [-0.05, 0) is 43.6 Å². The number of hydrogen-bond acceptors (Lipinski definition) is 2. The molecule has 0 fully saturated rings. The van der Waals surface area contributed by atoms with Gasteiger partial charge in [0.05, 0.1) is 5.56 Å². The van der Waals surface area contributed by atoms with E-state index in [2.05, 4.69) is 46.3 Å². The molecule has 3 nitrogen and oxygen atoms in total. The van der Waals surface area contributed by atoms with Crippen LogP contribution in [0, 0.1) is 11.3 Å². The second-order valence-corrected chi connectivity index (χ2v) is 5.34. The summed E-state index contributed by atoms with van der Waals surface area (Å²) >= 11 is 0. The molecular formula is C18H19N3. The summed E-state index contributed by atoms with van der Waals surface area (Å²) in [5.74, 6) is 0. The Morgan fingerprint density at radius 2 is 2.24 bits per heavy atom. The van der Waals surface area contributed by atoms with E-state index in [0.29, 0.717) is 0 Å². The van der Waals surface area contributed by atoms with Crippen LogP contribution in [0.25, 0.3) is 5.57 Å². The summed E-state index contributed by atoms with van der Waals surface area (Å²) in [7, 11) is 1.97. The zero-order valence-electron chi connectivity index (χ0n) is 12.3. The number of aromatic nitrogens is 1. The van der Waals surface area contributed by atoms with Crippen LogP contribution in [0.3, 0.4) is 0 Å². The van der Waals surface area contributed by atoms with Gasteiger partial charge >= 0.3 is 0 Å². The second-order valence-electron chi connectivity index (χ2n) is 5.34. The monoisotopic (exact) mass is 277 g/mol. The van der Waals surface area contributed by atoms with Crippen molar-refractivity contribution in [2.24, 2.45) is 0 Å². The normalized spacial score (nSPS) is 15.1. The van der Waals surface area contributed by atoms with Gasteiger partial charge in [0.25, 0.3) is 0 Å². The summed E-state index contributed by atoms with van der Waals surface area (Å²) in [5.41, 5.74) is 5.83. The van der Waals surface area contributed by atoms with E-state index in [1.165, 1.54) is 16.7 Å². The van der Waals surface area contributed by atoms with Gasteiger partial charge in [0.2, 0.25) is 0 Å². The minimum atomic E-state index is 0.740. The molecule has 0 aliphatic carbocycles. The predicted octanol–water partition coefficient (Wildman–Crippen LogP) is 2.96. The first-order valence-electron chi connectivity index (χ1n) is 7.37. The van der Waals surface area contributed by atoms with Gasteiger partial charge < -0.3 is 9.88 Å². The molecular weight excluding hydrogens is 258 g/mol. The van der Waals surface area contributed by atoms with E-state index in [9.17, 15) is 0 Å². The van der Waals surface area contributed by atoms with Gasteiger partial charge in [0.15, 0.2) is 0 Å².